The van der Waals surface area contributed by atoms with Gasteiger partial charge in [-0.15, -0.1) is 0 Å². The Labute approximate surface area is 84.0 Å². The fourth-order valence-corrected chi connectivity index (χ4v) is 3.12. The van der Waals surface area contributed by atoms with E-state index in [4.69, 9.17) is 4.43 Å². The molecule has 1 aliphatic carbocycles. The van der Waals surface area contributed by atoms with E-state index in [1.165, 1.54) is 32.1 Å². The lowest BCUT2D eigenvalue weighted by Crippen LogP contribution is -2.39. The van der Waals surface area contributed by atoms with Crippen LogP contribution in [0.5, 0.6) is 0 Å². The largest absolute Gasteiger partial charge is 0.414 e. The minimum Gasteiger partial charge on any atom is -0.414 e. The molecular formula is C11H24OSi. The van der Waals surface area contributed by atoms with Crippen LogP contribution in [-0.4, -0.2) is 14.4 Å². The predicted molar refractivity (Wildman–Crippen MR) is 60.5 cm³/mol. The van der Waals surface area contributed by atoms with E-state index in [9.17, 15) is 0 Å². The van der Waals surface area contributed by atoms with Gasteiger partial charge in [-0.3, -0.25) is 0 Å². The second-order valence-corrected chi connectivity index (χ2v) is 9.73. The molecule has 0 aliphatic heterocycles. The van der Waals surface area contributed by atoms with E-state index in [1.807, 2.05) is 0 Å². The molecule has 0 spiro atoms. The van der Waals surface area contributed by atoms with Gasteiger partial charge in [0.15, 0.2) is 8.32 Å². The lowest BCUT2D eigenvalue weighted by Gasteiger charge is -2.34. The van der Waals surface area contributed by atoms with Crippen molar-refractivity contribution in [3.8, 4) is 0 Å². The fraction of sp³-hybridized carbons (Fsp3) is 1.00. The summed E-state index contributed by atoms with van der Waals surface area (Å²) in [6.07, 6.45) is 7.40. The maximum absolute atomic E-state index is 6.28. The molecule has 0 saturated heterocycles. The van der Waals surface area contributed by atoms with E-state index in [1.54, 1.807) is 0 Å². The maximum Gasteiger partial charge on any atom is 0.189 e. The standard InChI is InChI=1S/C11H24OSi/c1-10(2)13(3,4)12-11-8-6-5-7-9-11/h10-11H,5-9H2,1-4H3. The molecule has 0 atom stereocenters. The molecule has 0 heterocycles. The summed E-state index contributed by atoms with van der Waals surface area (Å²) in [6, 6.07) is 0. The molecule has 13 heavy (non-hydrogen) atoms. The van der Waals surface area contributed by atoms with Crippen molar-refractivity contribution in [1.29, 1.82) is 0 Å². The third-order valence-corrected chi connectivity index (χ3v) is 7.13. The Morgan fingerprint density at radius 3 is 2.08 bits per heavy atom. The van der Waals surface area contributed by atoms with Crippen LogP contribution in [0.4, 0.5) is 0 Å². The summed E-state index contributed by atoms with van der Waals surface area (Å²) in [4.78, 5) is 0. The Kier molecular flexibility index (Phi) is 3.99. The van der Waals surface area contributed by atoms with Crippen molar-refractivity contribution in [2.75, 3.05) is 0 Å². The maximum atomic E-state index is 6.28. The Morgan fingerprint density at radius 2 is 1.62 bits per heavy atom. The van der Waals surface area contributed by atoms with Crippen LogP contribution >= 0.6 is 0 Å². The Hall–Kier alpha value is 0.177. The average molecular weight is 200 g/mol. The van der Waals surface area contributed by atoms with Crippen molar-refractivity contribution < 1.29 is 4.43 Å². The zero-order valence-electron chi connectivity index (χ0n) is 9.60. The summed E-state index contributed by atoms with van der Waals surface area (Å²) in [6.45, 7) is 9.31. The highest BCUT2D eigenvalue weighted by Gasteiger charge is 2.30. The molecule has 1 saturated carbocycles. The molecule has 0 N–H and O–H groups in total. The zero-order chi connectivity index (χ0) is 9.90. The van der Waals surface area contributed by atoms with E-state index >= 15 is 0 Å². The summed E-state index contributed by atoms with van der Waals surface area (Å²) in [5.41, 5.74) is 0.745. The first kappa shape index (κ1) is 11.3. The van der Waals surface area contributed by atoms with Gasteiger partial charge in [0.1, 0.15) is 0 Å². The van der Waals surface area contributed by atoms with Crippen LogP contribution in [0.1, 0.15) is 46.0 Å². The summed E-state index contributed by atoms with van der Waals surface area (Å²) >= 11 is 0. The second kappa shape index (κ2) is 4.60. The summed E-state index contributed by atoms with van der Waals surface area (Å²) in [5.74, 6) is 0. The van der Waals surface area contributed by atoms with E-state index in [2.05, 4.69) is 26.9 Å². The van der Waals surface area contributed by atoms with Crippen molar-refractivity contribution in [3.63, 3.8) is 0 Å². The number of rotatable bonds is 3. The zero-order valence-corrected chi connectivity index (χ0v) is 10.6. The molecule has 78 valence electrons. The molecule has 1 nitrogen and oxygen atoms in total. The van der Waals surface area contributed by atoms with Crippen molar-refractivity contribution >= 4 is 8.32 Å². The first-order valence-electron chi connectivity index (χ1n) is 5.70. The van der Waals surface area contributed by atoms with E-state index in [0.717, 1.165) is 5.54 Å². The van der Waals surface area contributed by atoms with Crippen molar-refractivity contribution in [3.05, 3.63) is 0 Å². The highest BCUT2D eigenvalue weighted by atomic mass is 28.4. The Balaban J connectivity index is 2.37. The Morgan fingerprint density at radius 1 is 1.08 bits per heavy atom. The third kappa shape index (κ3) is 3.43. The van der Waals surface area contributed by atoms with Crippen LogP contribution < -0.4 is 0 Å². The molecule has 0 unspecified atom stereocenters. The van der Waals surface area contributed by atoms with E-state index in [0.29, 0.717) is 6.10 Å². The minimum absolute atomic E-state index is 0.595. The lowest BCUT2D eigenvalue weighted by molar-refractivity contribution is 0.143. The van der Waals surface area contributed by atoms with Gasteiger partial charge in [-0.25, -0.2) is 0 Å². The predicted octanol–water partition coefficient (Wildman–Crippen LogP) is 3.95. The quantitative estimate of drug-likeness (QED) is 0.627. The highest BCUT2D eigenvalue weighted by Crippen LogP contribution is 2.28. The normalized spacial score (nSPS) is 21.0. The van der Waals surface area contributed by atoms with Crippen molar-refractivity contribution in [2.24, 2.45) is 0 Å². The summed E-state index contributed by atoms with van der Waals surface area (Å²) in [5, 5.41) is 0. The molecule has 1 rings (SSSR count). The molecule has 0 amide bonds. The average Bonchev–Trinajstić information content (AvgIpc) is 2.05. The second-order valence-electron chi connectivity index (χ2n) is 5.14. The molecule has 1 fully saturated rings. The van der Waals surface area contributed by atoms with E-state index < -0.39 is 8.32 Å². The van der Waals surface area contributed by atoms with Gasteiger partial charge in [-0.05, 0) is 31.5 Å². The van der Waals surface area contributed by atoms with Gasteiger partial charge in [-0.1, -0.05) is 33.1 Å². The van der Waals surface area contributed by atoms with Crippen LogP contribution in [0.15, 0.2) is 0 Å². The monoisotopic (exact) mass is 200 g/mol. The summed E-state index contributed by atoms with van der Waals surface area (Å²) in [7, 11) is -1.37. The van der Waals surface area contributed by atoms with Crippen LogP contribution in [0.3, 0.4) is 0 Å². The number of hydrogen-bond donors (Lipinski definition) is 0. The van der Waals surface area contributed by atoms with Gasteiger partial charge < -0.3 is 4.43 Å². The van der Waals surface area contributed by atoms with Crippen LogP contribution in [-0.2, 0) is 4.43 Å². The number of hydrogen-bond acceptors (Lipinski definition) is 1. The van der Waals surface area contributed by atoms with Gasteiger partial charge in [0.2, 0.25) is 0 Å². The van der Waals surface area contributed by atoms with Gasteiger partial charge in [-0.2, -0.15) is 0 Å². The molecular weight excluding hydrogens is 176 g/mol. The highest BCUT2D eigenvalue weighted by molar-refractivity contribution is 6.72. The fourth-order valence-electron chi connectivity index (χ4n) is 1.75. The van der Waals surface area contributed by atoms with Gasteiger partial charge in [0, 0.05) is 6.10 Å². The molecule has 1 aliphatic rings. The van der Waals surface area contributed by atoms with Crippen molar-refractivity contribution in [1.82, 2.24) is 0 Å². The molecule has 0 aromatic heterocycles. The Bertz CT molecular complexity index is 148. The van der Waals surface area contributed by atoms with Crippen molar-refractivity contribution in [2.45, 2.75) is 70.7 Å². The summed E-state index contributed by atoms with van der Waals surface area (Å²) < 4.78 is 6.28. The first-order valence-corrected chi connectivity index (χ1v) is 8.69. The third-order valence-electron chi connectivity index (χ3n) is 3.41. The van der Waals surface area contributed by atoms with Crippen LogP contribution in [0.2, 0.25) is 18.6 Å². The molecule has 0 aromatic carbocycles. The topological polar surface area (TPSA) is 9.23 Å². The van der Waals surface area contributed by atoms with Gasteiger partial charge in [0.05, 0.1) is 0 Å². The van der Waals surface area contributed by atoms with Crippen LogP contribution in [0, 0.1) is 0 Å². The first-order chi connectivity index (χ1) is 6.02. The SMILES string of the molecule is CC(C)[Si](C)(C)OC1CCCCC1. The van der Waals surface area contributed by atoms with Crippen LogP contribution in [0.25, 0.3) is 0 Å². The molecule has 0 aromatic rings. The molecule has 0 bridgehead atoms. The molecule has 2 heteroatoms. The van der Waals surface area contributed by atoms with Gasteiger partial charge >= 0.3 is 0 Å². The lowest BCUT2D eigenvalue weighted by atomic mass is 9.98. The minimum atomic E-state index is -1.37. The smallest absolute Gasteiger partial charge is 0.189 e. The van der Waals surface area contributed by atoms with E-state index in [-0.39, 0.29) is 0 Å². The molecule has 0 radical (unpaired) electrons. The van der Waals surface area contributed by atoms with Gasteiger partial charge in [0.25, 0.3) is 0 Å².